The average Bonchev–Trinajstić information content (AvgIpc) is 2.72. The number of carboxylic acid groups (broad SMARTS) is 2. The molecular formula is C16H19N5O8S. The van der Waals surface area contributed by atoms with Gasteiger partial charge in [-0.25, -0.2) is 4.79 Å². The van der Waals surface area contributed by atoms with Gasteiger partial charge in [-0.1, -0.05) is 0 Å². The van der Waals surface area contributed by atoms with E-state index in [1.165, 1.54) is 12.1 Å². The third kappa shape index (κ3) is 7.92. The van der Waals surface area contributed by atoms with E-state index < -0.39 is 48.8 Å². The summed E-state index contributed by atoms with van der Waals surface area (Å²) < 4.78 is 0. The van der Waals surface area contributed by atoms with Gasteiger partial charge in [0.2, 0.25) is 11.8 Å². The van der Waals surface area contributed by atoms with Crippen LogP contribution in [0.5, 0.6) is 0 Å². The van der Waals surface area contributed by atoms with Crippen LogP contribution in [0.3, 0.4) is 0 Å². The molecule has 0 aliphatic carbocycles. The summed E-state index contributed by atoms with van der Waals surface area (Å²) in [6.45, 7) is -0.434. The van der Waals surface area contributed by atoms with Crippen molar-refractivity contribution < 1.29 is 29.4 Å². The zero-order valence-electron chi connectivity index (χ0n) is 15.4. The molecule has 6 N–H and O–H groups in total. The van der Waals surface area contributed by atoms with Crippen LogP contribution in [0.1, 0.15) is 12.8 Å². The van der Waals surface area contributed by atoms with Gasteiger partial charge in [0.1, 0.15) is 23.5 Å². The second kappa shape index (κ2) is 12.2. The van der Waals surface area contributed by atoms with Crippen LogP contribution in [-0.4, -0.2) is 58.3 Å². The largest absolute Gasteiger partial charge is 0.481 e. The summed E-state index contributed by atoms with van der Waals surface area (Å²) in [5.41, 5.74) is 5.10. The molecule has 0 radical (unpaired) electrons. The van der Waals surface area contributed by atoms with Crippen LogP contribution in [0.2, 0.25) is 0 Å². The van der Waals surface area contributed by atoms with E-state index in [2.05, 4.69) is 21.0 Å². The first-order chi connectivity index (χ1) is 14.2. The normalized spacial score (nSPS) is 12.3. The van der Waals surface area contributed by atoms with Crippen LogP contribution < -0.4 is 16.4 Å². The van der Waals surface area contributed by atoms with Gasteiger partial charge in [0.15, 0.2) is 0 Å². The van der Waals surface area contributed by atoms with E-state index in [0.29, 0.717) is 0 Å². The topological polar surface area (TPSA) is 218 Å². The number of hydrogen-bond donors (Lipinski definition) is 5. The Balaban J connectivity index is 2.95. The van der Waals surface area contributed by atoms with E-state index in [9.17, 15) is 29.0 Å². The van der Waals surface area contributed by atoms with Gasteiger partial charge in [0.25, 0.3) is 0 Å². The standard InChI is InChI=1S/C16H19N5O8S/c17-6-13(22)18-11(15(25)19-9(16(26)27)2-4-14(23)24)7-30-12-3-1-8(20-28)5-10(12)21-29/h1,3,5,9,11H,2,4,6-7,17H2,(H,18,22)(H,19,25)(H,23,24)(H,26,27). The molecule has 0 saturated carbocycles. The first-order valence-corrected chi connectivity index (χ1v) is 9.38. The summed E-state index contributed by atoms with van der Waals surface area (Å²) in [4.78, 5) is 67.9. The molecule has 0 aromatic heterocycles. The summed E-state index contributed by atoms with van der Waals surface area (Å²) in [5, 5.41) is 27.8. The van der Waals surface area contributed by atoms with Gasteiger partial charge in [-0.05, 0) is 35.0 Å². The number of nitrogens with one attached hydrogen (secondary N) is 2. The molecule has 2 amide bonds. The van der Waals surface area contributed by atoms with Gasteiger partial charge in [-0.3, -0.25) is 14.4 Å². The molecule has 30 heavy (non-hydrogen) atoms. The fraction of sp³-hybridized carbons (Fsp3) is 0.375. The Kier molecular flexibility index (Phi) is 10.0. The molecule has 1 rings (SSSR count). The lowest BCUT2D eigenvalue weighted by atomic mass is 10.1. The van der Waals surface area contributed by atoms with E-state index in [1.807, 2.05) is 0 Å². The summed E-state index contributed by atoms with van der Waals surface area (Å²) in [5.74, 6) is -4.39. The van der Waals surface area contributed by atoms with E-state index in [0.717, 1.165) is 17.8 Å². The Labute approximate surface area is 173 Å². The Morgan fingerprint density at radius 3 is 2.30 bits per heavy atom. The number of benzene rings is 1. The molecule has 13 nitrogen and oxygen atoms in total. The highest BCUT2D eigenvalue weighted by Crippen LogP contribution is 2.33. The molecule has 0 aliphatic rings. The van der Waals surface area contributed by atoms with Crippen LogP contribution in [0.4, 0.5) is 11.4 Å². The molecule has 1 aromatic carbocycles. The van der Waals surface area contributed by atoms with Crippen LogP contribution in [0, 0.1) is 9.81 Å². The van der Waals surface area contributed by atoms with Crippen molar-refractivity contribution in [2.45, 2.75) is 29.8 Å². The molecule has 1 aromatic rings. The maximum Gasteiger partial charge on any atom is 0.326 e. The predicted octanol–water partition coefficient (Wildman–Crippen LogP) is 0.452. The highest BCUT2D eigenvalue weighted by atomic mass is 32.2. The van der Waals surface area contributed by atoms with Crippen molar-refractivity contribution in [3.63, 3.8) is 0 Å². The Morgan fingerprint density at radius 1 is 1.07 bits per heavy atom. The Morgan fingerprint density at radius 2 is 1.77 bits per heavy atom. The van der Waals surface area contributed by atoms with Gasteiger partial charge in [0, 0.05) is 17.1 Å². The second-order valence-corrected chi connectivity index (χ2v) is 6.86. The molecule has 0 spiro atoms. The second-order valence-electron chi connectivity index (χ2n) is 5.80. The smallest absolute Gasteiger partial charge is 0.326 e. The van der Waals surface area contributed by atoms with Gasteiger partial charge in [-0.15, -0.1) is 21.6 Å². The number of carboxylic acids is 2. The van der Waals surface area contributed by atoms with E-state index in [-0.39, 0.29) is 28.4 Å². The van der Waals surface area contributed by atoms with Gasteiger partial charge in [0.05, 0.1) is 6.54 Å². The van der Waals surface area contributed by atoms with E-state index in [1.54, 1.807) is 0 Å². The zero-order chi connectivity index (χ0) is 22.7. The summed E-state index contributed by atoms with van der Waals surface area (Å²) in [7, 11) is 0. The van der Waals surface area contributed by atoms with Gasteiger partial charge >= 0.3 is 11.9 Å². The molecule has 2 atom stereocenters. The number of nitrogens with two attached hydrogens (primary N) is 1. The van der Waals surface area contributed by atoms with Crippen molar-refractivity contribution >= 4 is 46.9 Å². The molecule has 14 heteroatoms. The zero-order valence-corrected chi connectivity index (χ0v) is 16.3. The summed E-state index contributed by atoms with van der Waals surface area (Å²) in [6.07, 6.45) is -0.849. The quantitative estimate of drug-likeness (QED) is 0.210. The molecule has 0 aliphatic heterocycles. The Bertz CT molecular complexity index is 834. The number of carbonyl (C=O) groups is 4. The molecule has 2 unspecified atom stereocenters. The molecule has 0 saturated heterocycles. The fourth-order valence-electron chi connectivity index (χ4n) is 2.16. The van der Waals surface area contributed by atoms with Gasteiger partial charge in [-0.2, -0.15) is 0 Å². The monoisotopic (exact) mass is 441 g/mol. The number of thioether (sulfide) groups is 1. The van der Waals surface area contributed by atoms with Crippen molar-refractivity contribution in [1.82, 2.24) is 10.6 Å². The van der Waals surface area contributed by atoms with Crippen molar-refractivity contribution in [2.75, 3.05) is 12.3 Å². The Hall–Kier alpha value is -3.39. The van der Waals surface area contributed by atoms with E-state index in [4.69, 9.17) is 15.9 Å². The SMILES string of the molecule is NCC(=O)NC(CSc1ccc(N=O)cc1N=O)C(=O)NC(CCC(=O)O)C(=O)O. The van der Waals surface area contributed by atoms with Crippen molar-refractivity contribution in [2.24, 2.45) is 16.1 Å². The fourth-order valence-corrected chi connectivity index (χ4v) is 3.15. The minimum Gasteiger partial charge on any atom is -0.481 e. The number of nitroso groups, excluding NO2 is 2. The number of amides is 2. The number of nitrogens with zero attached hydrogens (tertiary/aromatic N) is 2. The lowest BCUT2D eigenvalue weighted by molar-refractivity contribution is -0.143. The highest BCUT2D eigenvalue weighted by Gasteiger charge is 2.27. The maximum absolute atomic E-state index is 12.5. The van der Waals surface area contributed by atoms with E-state index >= 15 is 0 Å². The predicted molar refractivity (Wildman–Crippen MR) is 105 cm³/mol. The van der Waals surface area contributed by atoms with Crippen LogP contribution >= 0.6 is 11.8 Å². The molecule has 0 heterocycles. The van der Waals surface area contributed by atoms with Crippen LogP contribution in [0.15, 0.2) is 33.4 Å². The minimum atomic E-state index is -1.49. The molecule has 0 fully saturated rings. The first kappa shape index (κ1) is 24.6. The minimum absolute atomic E-state index is 0.0255. The molecule has 0 bridgehead atoms. The van der Waals surface area contributed by atoms with Gasteiger partial charge < -0.3 is 26.6 Å². The average molecular weight is 441 g/mol. The molecular weight excluding hydrogens is 422 g/mol. The number of carbonyl (C=O) groups excluding carboxylic acids is 2. The maximum atomic E-state index is 12.5. The number of rotatable bonds is 13. The van der Waals surface area contributed by atoms with Crippen molar-refractivity contribution in [1.29, 1.82) is 0 Å². The lowest BCUT2D eigenvalue weighted by Crippen LogP contribution is -2.53. The summed E-state index contributed by atoms with van der Waals surface area (Å²) in [6, 6.07) is 1.11. The first-order valence-electron chi connectivity index (χ1n) is 8.39. The third-order valence-corrected chi connectivity index (χ3v) is 4.81. The van der Waals surface area contributed by atoms with Crippen molar-refractivity contribution in [3.05, 3.63) is 28.0 Å². The summed E-state index contributed by atoms with van der Waals surface area (Å²) >= 11 is 0.938. The number of aliphatic carboxylic acids is 2. The number of hydrogen-bond acceptors (Lipinski definition) is 10. The van der Waals surface area contributed by atoms with Crippen LogP contribution in [-0.2, 0) is 19.2 Å². The lowest BCUT2D eigenvalue weighted by Gasteiger charge is -2.21. The van der Waals surface area contributed by atoms with Crippen LogP contribution in [0.25, 0.3) is 0 Å². The molecule has 162 valence electrons. The third-order valence-electron chi connectivity index (χ3n) is 3.65. The van der Waals surface area contributed by atoms with Crippen molar-refractivity contribution in [3.8, 4) is 0 Å². The highest BCUT2D eigenvalue weighted by molar-refractivity contribution is 7.99.